The van der Waals surface area contributed by atoms with Gasteiger partial charge in [-0.2, -0.15) is 0 Å². The number of fused-ring (bicyclic) bond motifs is 1. The van der Waals surface area contributed by atoms with Crippen molar-refractivity contribution >= 4 is 21.4 Å². The van der Waals surface area contributed by atoms with E-state index in [1.807, 2.05) is 18.4 Å². The van der Waals surface area contributed by atoms with Crippen molar-refractivity contribution in [2.45, 2.75) is 32.4 Å². The number of hydrogen-bond donors (Lipinski definition) is 1. The van der Waals surface area contributed by atoms with Crippen LogP contribution in [0.2, 0.25) is 0 Å². The molecule has 0 amide bonds. The van der Waals surface area contributed by atoms with E-state index in [2.05, 4.69) is 29.6 Å². The molecule has 1 heterocycles. The lowest BCUT2D eigenvalue weighted by molar-refractivity contribution is 0.115. The van der Waals surface area contributed by atoms with Crippen molar-refractivity contribution in [3.63, 3.8) is 0 Å². The van der Waals surface area contributed by atoms with Crippen LogP contribution in [0.15, 0.2) is 24.3 Å². The molecule has 1 saturated carbocycles. The minimum Gasteiger partial charge on any atom is -0.377 e. The van der Waals surface area contributed by atoms with Crippen molar-refractivity contribution in [2.75, 3.05) is 13.7 Å². The quantitative estimate of drug-likeness (QED) is 0.773. The maximum absolute atomic E-state index is 5.90. The SMILES string of the molecule is CNCc1sc2ccccc2c1COCCC1CC1. The van der Waals surface area contributed by atoms with Crippen LogP contribution < -0.4 is 5.32 Å². The summed E-state index contributed by atoms with van der Waals surface area (Å²) in [7, 11) is 2.00. The van der Waals surface area contributed by atoms with Gasteiger partial charge in [-0.25, -0.2) is 0 Å². The molecule has 0 unspecified atom stereocenters. The molecule has 3 rings (SSSR count). The Balaban J connectivity index is 1.72. The lowest BCUT2D eigenvalue weighted by atomic mass is 10.1. The van der Waals surface area contributed by atoms with Crippen LogP contribution in [0, 0.1) is 5.92 Å². The summed E-state index contributed by atoms with van der Waals surface area (Å²) in [6.45, 7) is 2.60. The Morgan fingerprint density at radius 3 is 2.95 bits per heavy atom. The summed E-state index contributed by atoms with van der Waals surface area (Å²) >= 11 is 1.88. The Hall–Kier alpha value is -0.900. The second-order valence-electron chi connectivity index (χ2n) is 5.31. The first kappa shape index (κ1) is 13.1. The van der Waals surface area contributed by atoms with E-state index >= 15 is 0 Å². The van der Waals surface area contributed by atoms with Crippen LogP contribution in [0.4, 0.5) is 0 Å². The molecule has 0 radical (unpaired) electrons. The molecule has 0 spiro atoms. The summed E-state index contributed by atoms with van der Waals surface area (Å²) in [5.41, 5.74) is 1.38. The largest absolute Gasteiger partial charge is 0.377 e. The molecular formula is C16H21NOS. The molecule has 0 aliphatic heterocycles. The standard InChI is InChI=1S/C16H21NOS/c1-17-10-16-14(11-18-9-8-12-6-7-12)13-4-2-3-5-15(13)19-16/h2-5,12,17H,6-11H2,1H3. The molecule has 2 aromatic rings. The van der Waals surface area contributed by atoms with Crippen LogP contribution in [0.5, 0.6) is 0 Å². The van der Waals surface area contributed by atoms with E-state index in [0.717, 1.165) is 25.7 Å². The van der Waals surface area contributed by atoms with Gasteiger partial charge in [-0.3, -0.25) is 0 Å². The molecule has 1 aliphatic carbocycles. The molecule has 1 N–H and O–H groups in total. The highest BCUT2D eigenvalue weighted by Gasteiger charge is 2.20. The first-order valence-corrected chi connectivity index (χ1v) is 7.91. The molecule has 1 fully saturated rings. The van der Waals surface area contributed by atoms with Crippen LogP contribution in [-0.4, -0.2) is 13.7 Å². The minimum absolute atomic E-state index is 0.758. The molecule has 0 saturated heterocycles. The van der Waals surface area contributed by atoms with Gasteiger partial charge in [0.05, 0.1) is 6.61 Å². The summed E-state index contributed by atoms with van der Waals surface area (Å²) in [6, 6.07) is 8.64. The van der Waals surface area contributed by atoms with Crippen LogP contribution >= 0.6 is 11.3 Å². The normalized spacial score (nSPS) is 15.2. The Morgan fingerprint density at radius 1 is 1.32 bits per heavy atom. The van der Waals surface area contributed by atoms with Crippen LogP contribution in [0.25, 0.3) is 10.1 Å². The Kier molecular flexibility index (Phi) is 4.16. The highest BCUT2D eigenvalue weighted by atomic mass is 32.1. The number of nitrogens with one attached hydrogen (secondary N) is 1. The monoisotopic (exact) mass is 275 g/mol. The fourth-order valence-corrected chi connectivity index (χ4v) is 3.66. The highest BCUT2D eigenvalue weighted by Crippen LogP contribution is 2.33. The van der Waals surface area contributed by atoms with Gasteiger partial charge in [0.1, 0.15) is 0 Å². The van der Waals surface area contributed by atoms with E-state index in [4.69, 9.17) is 4.74 Å². The summed E-state index contributed by atoms with van der Waals surface area (Å²) < 4.78 is 7.27. The molecule has 102 valence electrons. The second kappa shape index (κ2) is 6.04. The van der Waals surface area contributed by atoms with Gasteiger partial charge in [0.2, 0.25) is 0 Å². The summed E-state index contributed by atoms with van der Waals surface area (Å²) in [5.74, 6) is 0.955. The third-order valence-electron chi connectivity index (χ3n) is 3.73. The van der Waals surface area contributed by atoms with Gasteiger partial charge in [-0.05, 0) is 30.8 Å². The Morgan fingerprint density at radius 2 is 2.16 bits per heavy atom. The Labute approximate surface area is 118 Å². The van der Waals surface area contributed by atoms with Crippen molar-refractivity contribution in [1.82, 2.24) is 5.32 Å². The molecule has 1 aromatic carbocycles. The molecule has 2 nitrogen and oxygen atoms in total. The van der Waals surface area contributed by atoms with Crippen molar-refractivity contribution < 1.29 is 4.74 Å². The lowest BCUT2D eigenvalue weighted by Gasteiger charge is -2.06. The van der Waals surface area contributed by atoms with Crippen LogP contribution in [-0.2, 0) is 17.9 Å². The third kappa shape index (κ3) is 3.16. The fraction of sp³-hybridized carbons (Fsp3) is 0.500. The fourth-order valence-electron chi connectivity index (χ4n) is 2.44. The van der Waals surface area contributed by atoms with Gasteiger partial charge in [-0.15, -0.1) is 11.3 Å². The average molecular weight is 275 g/mol. The predicted octanol–water partition coefficient (Wildman–Crippen LogP) is 3.94. The Bertz CT molecular complexity index is 545. The molecule has 19 heavy (non-hydrogen) atoms. The number of benzene rings is 1. The maximum atomic E-state index is 5.90. The number of rotatable bonds is 7. The zero-order chi connectivity index (χ0) is 13.1. The van der Waals surface area contributed by atoms with E-state index in [-0.39, 0.29) is 0 Å². The van der Waals surface area contributed by atoms with Crippen molar-refractivity contribution in [2.24, 2.45) is 5.92 Å². The van der Waals surface area contributed by atoms with E-state index in [1.165, 1.54) is 39.8 Å². The van der Waals surface area contributed by atoms with E-state index in [9.17, 15) is 0 Å². The topological polar surface area (TPSA) is 21.3 Å². The van der Waals surface area contributed by atoms with Crippen molar-refractivity contribution in [3.05, 3.63) is 34.7 Å². The van der Waals surface area contributed by atoms with Crippen molar-refractivity contribution in [1.29, 1.82) is 0 Å². The van der Waals surface area contributed by atoms with Crippen molar-refractivity contribution in [3.8, 4) is 0 Å². The molecule has 1 aromatic heterocycles. The number of hydrogen-bond acceptors (Lipinski definition) is 3. The predicted molar refractivity (Wildman–Crippen MR) is 81.6 cm³/mol. The van der Waals surface area contributed by atoms with Gasteiger partial charge in [0.15, 0.2) is 0 Å². The van der Waals surface area contributed by atoms with E-state index in [0.29, 0.717) is 0 Å². The number of ether oxygens (including phenoxy) is 1. The zero-order valence-corrected chi connectivity index (χ0v) is 12.3. The van der Waals surface area contributed by atoms with Crippen LogP contribution in [0.3, 0.4) is 0 Å². The molecular weight excluding hydrogens is 254 g/mol. The molecule has 0 atom stereocenters. The van der Waals surface area contributed by atoms with Gasteiger partial charge < -0.3 is 10.1 Å². The highest BCUT2D eigenvalue weighted by molar-refractivity contribution is 7.19. The van der Waals surface area contributed by atoms with Gasteiger partial charge in [0, 0.05) is 28.3 Å². The first-order valence-electron chi connectivity index (χ1n) is 7.10. The zero-order valence-electron chi connectivity index (χ0n) is 11.4. The van der Waals surface area contributed by atoms with Crippen LogP contribution in [0.1, 0.15) is 29.7 Å². The van der Waals surface area contributed by atoms with Gasteiger partial charge >= 0.3 is 0 Å². The van der Waals surface area contributed by atoms with Gasteiger partial charge in [-0.1, -0.05) is 31.0 Å². The smallest absolute Gasteiger partial charge is 0.0734 e. The third-order valence-corrected chi connectivity index (χ3v) is 4.95. The number of thiophene rings is 1. The summed E-state index contributed by atoms with van der Waals surface area (Å²) in [6.07, 6.45) is 4.06. The van der Waals surface area contributed by atoms with Gasteiger partial charge in [0.25, 0.3) is 0 Å². The minimum atomic E-state index is 0.758. The average Bonchev–Trinajstić information content (AvgIpc) is 3.18. The first-order chi connectivity index (χ1) is 9.38. The second-order valence-corrected chi connectivity index (χ2v) is 6.45. The summed E-state index contributed by atoms with van der Waals surface area (Å²) in [5, 5.41) is 4.62. The molecule has 0 bridgehead atoms. The molecule has 1 aliphatic rings. The lowest BCUT2D eigenvalue weighted by Crippen LogP contribution is -2.06. The van der Waals surface area contributed by atoms with E-state index < -0.39 is 0 Å². The summed E-state index contributed by atoms with van der Waals surface area (Å²) in [4.78, 5) is 1.41. The molecule has 3 heteroatoms. The van der Waals surface area contributed by atoms with E-state index in [1.54, 1.807) is 0 Å². The maximum Gasteiger partial charge on any atom is 0.0734 e.